The molecular formula is C31H32N2O5. The number of hydrogen-bond donors (Lipinski definition) is 1. The van der Waals surface area contributed by atoms with Gasteiger partial charge < -0.3 is 18.9 Å². The summed E-state index contributed by atoms with van der Waals surface area (Å²) < 4.78 is 22.9. The van der Waals surface area contributed by atoms with Gasteiger partial charge in [0, 0.05) is 5.56 Å². The molecule has 4 aromatic carbocycles. The highest BCUT2D eigenvalue weighted by Gasteiger charge is 2.12. The summed E-state index contributed by atoms with van der Waals surface area (Å²) in [4.78, 5) is 12.6. The molecule has 7 heteroatoms. The summed E-state index contributed by atoms with van der Waals surface area (Å²) >= 11 is 0. The molecule has 0 aromatic heterocycles. The fourth-order valence-electron chi connectivity index (χ4n) is 3.94. The van der Waals surface area contributed by atoms with Crippen LogP contribution in [0.1, 0.15) is 41.8 Å². The lowest BCUT2D eigenvalue weighted by molar-refractivity contribution is 0.0954. The highest BCUT2D eigenvalue weighted by molar-refractivity contribution is 5.95. The molecule has 0 aliphatic carbocycles. The number of benzene rings is 4. The maximum Gasteiger partial charge on any atom is 0.271 e. The predicted molar refractivity (Wildman–Crippen MR) is 150 cm³/mol. The van der Waals surface area contributed by atoms with Gasteiger partial charge in [-0.25, -0.2) is 5.43 Å². The van der Waals surface area contributed by atoms with E-state index in [2.05, 4.69) is 34.8 Å². The van der Waals surface area contributed by atoms with Gasteiger partial charge in [0.15, 0.2) is 23.0 Å². The van der Waals surface area contributed by atoms with E-state index in [1.165, 1.54) is 5.39 Å². The molecule has 196 valence electrons. The van der Waals surface area contributed by atoms with Gasteiger partial charge in [-0.05, 0) is 71.6 Å². The van der Waals surface area contributed by atoms with Crippen molar-refractivity contribution in [2.45, 2.75) is 26.9 Å². The quantitative estimate of drug-likeness (QED) is 0.176. The molecule has 0 saturated carbocycles. The SMILES string of the molecule is CCCOc1ccc(C(=O)N/N=C/c2ccc(OCc3cccc4ccccc34)c(OC)c2)cc1OCC. The lowest BCUT2D eigenvalue weighted by Gasteiger charge is -2.13. The first-order chi connectivity index (χ1) is 18.6. The first kappa shape index (κ1) is 26.5. The van der Waals surface area contributed by atoms with Gasteiger partial charge in [-0.15, -0.1) is 0 Å². The van der Waals surface area contributed by atoms with E-state index in [9.17, 15) is 4.79 Å². The maximum atomic E-state index is 12.6. The molecule has 7 nitrogen and oxygen atoms in total. The van der Waals surface area contributed by atoms with Gasteiger partial charge in [0.05, 0.1) is 26.5 Å². The minimum Gasteiger partial charge on any atom is -0.493 e. The van der Waals surface area contributed by atoms with E-state index in [1.807, 2.05) is 44.2 Å². The average Bonchev–Trinajstić information content (AvgIpc) is 2.95. The lowest BCUT2D eigenvalue weighted by Crippen LogP contribution is -2.17. The standard InChI is InChI=1S/C31H32N2O5/c1-4-17-37-28-16-14-24(19-30(28)36-5-2)31(34)33-32-20-22-13-15-27(29(18-22)35-3)38-21-25-11-8-10-23-9-6-7-12-26(23)25/h6-16,18-20H,4-5,17,21H2,1-3H3,(H,33,34)/b32-20+. The van der Waals surface area contributed by atoms with E-state index in [1.54, 1.807) is 37.6 Å². The number of carbonyl (C=O) groups is 1. The van der Waals surface area contributed by atoms with Crippen molar-refractivity contribution in [2.75, 3.05) is 20.3 Å². The topological polar surface area (TPSA) is 78.4 Å². The Hall–Kier alpha value is -4.52. The second-order valence-corrected chi connectivity index (χ2v) is 8.48. The molecular weight excluding hydrogens is 480 g/mol. The minimum atomic E-state index is -0.355. The lowest BCUT2D eigenvalue weighted by atomic mass is 10.1. The van der Waals surface area contributed by atoms with Gasteiger partial charge >= 0.3 is 0 Å². The van der Waals surface area contributed by atoms with Crippen molar-refractivity contribution < 1.29 is 23.7 Å². The Labute approximate surface area is 223 Å². The number of nitrogens with one attached hydrogen (secondary N) is 1. The average molecular weight is 513 g/mol. The fraction of sp³-hybridized carbons (Fsp3) is 0.226. The Morgan fingerprint density at radius 3 is 2.45 bits per heavy atom. The monoisotopic (exact) mass is 512 g/mol. The van der Waals surface area contributed by atoms with Crippen molar-refractivity contribution in [1.29, 1.82) is 0 Å². The molecule has 0 aliphatic heterocycles. The Morgan fingerprint density at radius 2 is 1.63 bits per heavy atom. The smallest absolute Gasteiger partial charge is 0.271 e. The largest absolute Gasteiger partial charge is 0.493 e. The summed E-state index contributed by atoms with van der Waals surface area (Å²) in [5.41, 5.74) is 4.82. The van der Waals surface area contributed by atoms with Crippen LogP contribution >= 0.6 is 0 Å². The third-order valence-electron chi connectivity index (χ3n) is 5.80. The van der Waals surface area contributed by atoms with Gasteiger partial charge in [-0.1, -0.05) is 49.4 Å². The van der Waals surface area contributed by atoms with E-state index in [0.717, 1.165) is 22.9 Å². The molecule has 0 fully saturated rings. The van der Waals surface area contributed by atoms with E-state index < -0.39 is 0 Å². The summed E-state index contributed by atoms with van der Waals surface area (Å²) in [5, 5.41) is 6.43. The van der Waals surface area contributed by atoms with Gasteiger partial charge in [-0.2, -0.15) is 5.10 Å². The Kier molecular flexibility index (Phi) is 9.18. The Balaban J connectivity index is 1.40. The summed E-state index contributed by atoms with van der Waals surface area (Å²) in [7, 11) is 1.59. The van der Waals surface area contributed by atoms with Gasteiger partial charge in [0.1, 0.15) is 6.61 Å². The second-order valence-electron chi connectivity index (χ2n) is 8.48. The van der Waals surface area contributed by atoms with Crippen LogP contribution in [0.25, 0.3) is 10.8 Å². The highest BCUT2D eigenvalue weighted by Crippen LogP contribution is 2.30. The van der Waals surface area contributed by atoms with Crippen molar-refractivity contribution >= 4 is 22.9 Å². The highest BCUT2D eigenvalue weighted by atomic mass is 16.5. The van der Waals surface area contributed by atoms with E-state index in [0.29, 0.717) is 48.4 Å². The van der Waals surface area contributed by atoms with E-state index >= 15 is 0 Å². The number of amides is 1. The van der Waals surface area contributed by atoms with Crippen LogP contribution in [0.5, 0.6) is 23.0 Å². The van der Waals surface area contributed by atoms with Crippen LogP contribution in [0.15, 0.2) is 84.0 Å². The number of ether oxygens (including phenoxy) is 4. The normalized spacial score (nSPS) is 10.9. The predicted octanol–water partition coefficient (Wildman–Crippen LogP) is 6.38. The number of rotatable bonds is 12. The molecule has 0 unspecified atom stereocenters. The van der Waals surface area contributed by atoms with E-state index in [-0.39, 0.29) is 5.91 Å². The molecule has 1 amide bonds. The maximum absolute atomic E-state index is 12.6. The third kappa shape index (κ3) is 6.62. The number of hydrogen-bond acceptors (Lipinski definition) is 6. The van der Waals surface area contributed by atoms with Crippen LogP contribution in [0.2, 0.25) is 0 Å². The molecule has 38 heavy (non-hydrogen) atoms. The molecule has 4 rings (SSSR count). The third-order valence-corrected chi connectivity index (χ3v) is 5.80. The summed E-state index contributed by atoms with van der Waals surface area (Å²) in [6, 6.07) is 25.0. The second kappa shape index (κ2) is 13.1. The van der Waals surface area contributed by atoms with Crippen LogP contribution in [0, 0.1) is 0 Å². The number of methoxy groups -OCH3 is 1. The van der Waals surface area contributed by atoms with E-state index in [4.69, 9.17) is 18.9 Å². The Morgan fingerprint density at radius 1 is 0.842 bits per heavy atom. The molecule has 0 heterocycles. The van der Waals surface area contributed by atoms with Crippen molar-refractivity contribution in [1.82, 2.24) is 5.43 Å². The molecule has 0 bridgehead atoms. The number of hydrazone groups is 1. The summed E-state index contributed by atoms with van der Waals surface area (Å²) in [5.74, 6) is 1.98. The fourth-order valence-corrected chi connectivity index (χ4v) is 3.94. The number of fused-ring (bicyclic) bond motifs is 1. The van der Waals surface area contributed by atoms with Crippen molar-refractivity contribution in [3.05, 3.63) is 95.6 Å². The van der Waals surface area contributed by atoms with Crippen LogP contribution in [0.4, 0.5) is 0 Å². The first-order valence-corrected chi connectivity index (χ1v) is 12.6. The molecule has 0 aliphatic rings. The van der Waals surface area contributed by atoms with Crippen molar-refractivity contribution in [2.24, 2.45) is 5.10 Å². The number of carbonyl (C=O) groups excluding carboxylic acids is 1. The number of nitrogens with zero attached hydrogens (tertiary/aromatic N) is 1. The van der Waals surface area contributed by atoms with Crippen molar-refractivity contribution in [3.63, 3.8) is 0 Å². The molecule has 0 spiro atoms. The molecule has 4 aromatic rings. The first-order valence-electron chi connectivity index (χ1n) is 12.6. The van der Waals surface area contributed by atoms with Crippen LogP contribution in [0.3, 0.4) is 0 Å². The summed E-state index contributed by atoms with van der Waals surface area (Å²) in [6.07, 6.45) is 2.43. The van der Waals surface area contributed by atoms with Gasteiger partial charge in [-0.3, -0.25) is 4.79 Å². The van der Waals surface area contributed by atoms with Crippen LogP contribution < -0.4 is 24.4 Å². The van der Waals surface area contributed by atoms with Crippen molar-refractivity contribution in [3.8, 4) is 23.0 Å². The zero-order valence-corrected chi connectivity index (χ0v) is 21.9. The molecule has 0 saturated heterocycles. The molecule has 0 radical (unpaired) electrons. The minimum absolute atomic E-state index is 0.355. The molecule has 1 N–H and O–H groups in total. The Bertz CT molecular complexity index is 1410. The molecule has 0 atom stereocenters. The summed E-state index contributed by atoms with van der Waals surface area (Å²) in [6.45, 7) is 5.37. The van der Waals surface area contributed by atoms with Crippen LogP contribution in [-0.2, 0) is 6.61 Å². The zero-order chi connectivity index (χ0) is 26.7. The van der Waals surface area contributed by atoms with Gasteiger partial charge in [0.25, 0.3) is 5.91 Å². The zero-order valence-electron chi connectivity index (χ0n) is 21.9. The van der Waals surface area contributed by atoms with Gasteiger partial charge in [0.2, 0.25) is 0 Å². The van der Waals surface area contributed by atoms with Crippen LogP contribution in [-0.4, -0.2) is 32.4 Å².